The Morgan fingerprint density at radius 2 is 2.26 bits per heavy atom. The molecule has 1 aromatic heterocycles. The third kappa shape index (κ3) is 2.68. The zero-order chi connectivity index (χ0) is 13.4. The van der Waals surface area contributed by atoms with E-state index in [-0.39, 0.29) is 0 Å². The van der Waals surface area contributed by atoms with Crippen LogP contribution in [0.5, 0.6) is 0 Å². The number of ether oxygens (including phenoxy) is 1. The number of aryl methyl sites for hydroxylation is 1. The molecule has 2 aliphatic rings. The van der Waals surface area contributed by atoms with E-state index in [0.717, 1.165) is 32.8 Å². The van der Waals surface area contributed by atoms with Crippen molar-refractivity contribution < 1.29 is 4.74 Å². The Balaban J connectivity index is 1.65. The average Bonchev–Trinajstić information content (AvgIpc) is 2.94. The monoisotopic (exact) mass is 264 g/mol. The molecule has 106 valence electrons. The van der Waals surface area contributed by atoms with Gasteiger partial charge in [0.1, 0.15) is 0 Å². The quantitative estimate of drug-likeness (QED) is 0.805. The van der Waals surface area contributed by atoms with Gasteiger partial charge in [0.25, 0.3) is 0 Å². The summed E-state index contributed by atoms with van der Waals surface area (Å²) in [6.45, 7) is 9.65. The molecule has 0 unspecified atom stereocenters. The van der Waals surface area contributed by atoms with Crippen molar-refractivity contribution in [3.8, 4) is 0 Å². The molecular formula is C14H24N4O. The molecule has 2 saturated heterocycles. The first-order valence-electron chi connectivity index (χ1n) is 7.20. The highest BCUT2D eigenvalue weighted by Crippen LogP contribution is 2.25. The first kappa shape index (κ1) is 13.1. The summed E-state index contributed by atoms with van der Waals surface area (Å²) in [6, 6.07) is 1.17. The predicted octanol–water partition coefficient (Wildman–Crippen LogP) is 0.714. The van der Waals surface area contributed by atoms with E-state index >= 15 is 0 Å². The highest BCUT2D eigenvalue weighted by molar-refractivity contribution is 5.05. The van der Waals surface area contributed by atoms with E-state index in [0.29, 0.717) is 18.2 Å². The highest BCUT2D eigenvalue weighted by Gasteiger charge is 2.40. The van der Waals surface area contributed by atoms with Gasteiger partial charge in [0.15, 0.2) is 0 Å². The zero-order valence-corrected chi connectivity index (χ0v) is 12.1. The van der Waals surface area contributed by atoms with Crippen LogP contribution in [0.4, 0.5) is 0 Å². The Morgan fingerprint density at radius 3 is 2.95 bits per heavy atom. The molecule has 1 aromatic rings. The molecule has 0 spiro atoms. The van der Waals surface area contributed by atoms with Crippen LogP contribution in [0.25, 0.3) is 0 Å². The first-order valence-corrected chi connectivity index (χ1v) is 7.20. The van der Waals surface area contributed by atoms with Gasteiger partial charge < -0.3 is 4.74 Å². The minimum atomic E-state index is 0.382. The molecule has 0 bridgehead atoms. The molecule has 5 nitrogen and oxygen atoms in total. The Labute approximate surface area is 115 Å². The zero-order valence-electron chi connectivity index (χ0n) is 12.1. The molecule has 0 N–H and O–H groups in total. The fourth-order valence-corrected chi connectivity index (χ4v) is 3.37. The van der Waals surface area contributed by atoms with Crippen molar-refractivity contribution >= 4 is 0 Å². The van der Waals surface area contributed by atoms with Crippen molar-refractivity contribution in [1.29, 1.82) is 0 Å². The van der Waals surface area contributed by atoms with Crippen LogP contribution in [0.1, 0.15) is 19.4 Å². The fraction of sp³-hybridized carbons (Fsp3) is 0.786. The number of hydrogen-bond acceptors (Lipinski definition) is 4. The first-order chi connectivity index (χ1) is 9.13. The average molecular weight is 264 g/mol. The molecule has 0 amide bonds. The molecular weight excluding hydrogens is 240 g/mol. The second-order valence-corrected chi connectivity index (χ2v) is 6.02. The van der Waals surface area contributed by atoms with Crippen LogP contribution in [0.3, 0.4) is 0 Å². The van der Waals surface area contributed by atoms with Gasteiger partial charge in [-0.3, -0.25) is 14.5 Å². The predicted molar refractivity (Wildman–Crippen MR) is 73.9 cm³/mol. The van der Waals surface area contributed by atoms with Crippen molar-refractivity contribution in [1.82, 2.24) is 19.6 Å². The van der Waals surface area contributed by atoms with Gasteiger partial charge in [-0.05, 0) is 13.8 Å². The van der Waals surface area contributed by atoms with Crippen LogP contribution >= 0.6 is 0 Å². The van der Waals surface area contributed by atoms with E-state index in [2.05, 4.69) is 34.9 Å². The summed E-state index contributed by atoms with van der Waals surface area (Å²) in [6.07, 6.45) is 4.44. The van der Waals surface area contributed by atoms with E-state index in [1.54, 1.807) is 0 Å². The normalized spacial score (nSPS) is 29.1. The second kappa shape index (κ2) is 5.23. The summed E-state index contributed by atoms with van der Waals surface area (Å²) in [4.78, 5) is 5.09. The molecule has 3 rings (SSSR count). The van der Waals surface area contributed by atoms with Gasteiger partial charge in [-0.1, -0.05) is 0 Å². The maximum Gasteiger partial charge on any atom is 0.0870 e. The summed E-state index contributed by atoms with van der Waals surface area (Å²) in [5, 5.41) is 4.24. The highest BCUT2D eigenvalue weighted by atomic mass is 16.5. The molecule has 5 heteroatoms. The van der Waals surface area contributed by atoms with E-state index in [9.17, 15) is 0 Å². The Hall–Kier alpha value is -0.910. The number of hydrogen-bond donors (Lipinski definition) is 0. The topological polar surface area (TPSA) is 33.5 Å². The minimum absolute atomic E-state index is 0.382. The fourth-order valence-electron chi connectivity index (χ4n) is 3.37. The van der Waals surface area contributed by atoms with Crippen LogP contribution in [0.2, 0.25) is 0 Å². The molecule has 0 aromatic carbocycles. The van der Waals surface area contributed by atoms with E-state index in [1.807, 2.05) is 17.9 Å². The van der Waals surface area contributed by atoms with E-state index in [1.165, 1.54) is 5.56 Å². The molecule has 0 radical (unpaired) electrons. The lowest BCUT2D eigenvalue weighted by atomic mass is 10.1. The van der Waals surface area contributed by atoms with Crippen molar-refractivity contribution in [3.05, 3.63) is 18.0 Å². The Bertz CT molecular complexity index is 431. The van der Waals surface area contributed by atoms with Crippen LogP contribution in [0.15, 0.2) is 12.4 Å². The number of likely N-dealkylation sites (tertiary alicyclic amines) is 1. The van der Waals surface area contributed by atoms with Gasteiger partial charge in [0, 0.05) is 51.0 Å². The molecule has 2 fully saturated rings. The second-order valence-electron chi connectivity index (χ2n) is 6.02. The Morgan fingerprint density at radius 1 is 1.42 bits per heavy atom. The summed E-state index contributed by atoms with van der Waals surface area (Å²) >= 11 is 0. The number of fused-ring (bicyclic) bond motifs is 1. The molecule has 0 aliphatic carbocycles. The van der Waals surface area contributed by atoms with Crippen molar-refractivity contribution in [2.75, 3.05) is 26.2 Å². The molecule has 2 aliphatic heterocycles. The maximum absolute atomic E-state index is 5.95. The summed E-state index contributed by atoms with van der Waals surface area (Å²) in [7, 11) is 1.97. The molecule has 19 heavy (non-hydrogen) atoms. The number of aromatic nitrogens is 2. The standard InChI is InChI=1S/C14H24N4O/c1-11(2)18-4-5-19-14-10-17(9-13(14)18)8-12-6-15-16(3)7-12/h6-7,11,13-14H,4-5,8-10H2,1-3H3/t13-,14-/m0/s1. The Kier molecular flexibility index (Phi) is 3.60. The van der Waals surface area contributed by atoms with Gasteiger partial charge in [0.2, 0.25) is 0 Å². The summed E-state index contributed by atoms with van der Waals surface area (Å²) < 4.78 is 7.82. The van der Waals surface area contributed by atoms with Gasteiger partial charge in [0.05, 0.1) is 24.9 Å². The van der Waals surface area contributed by atoms with Gasteiger partial charge in [-0.25, -0.2) is 0 Å². The van der Waals surface area contributed by atoms with Crippen molar-refractivity contribution in [2.24, 2.45) is 7.05 Å². The summed E-state index contributed by atoms with van der Waals surface area (Å²) in [5.41, 5.74) is 1.29. The lowest BCUT2D eigenvalue weighted by Crippen LogP contribution is -2.53. The van der Waals surface area contributed by atoms with Gasteiger partial charge in [-0.15, -0.1) is 0 Å². The molecule has 0 saturated carbocycles. The summed E-state index contributed by atoms with van der Waals surface area (Å²) in [5.74, 6) is 0. The van der Waals surface area contributed by atoms with E-state index < -0.39 is 0 Å². The maximum atomic E-state index is 5.95. The molecule has 2 atom stereocenters. The lowest BCUT2D eigenvalue weighted by molar-refractivity contribution is -0.0583. The minimum Gasteiger partial charge on any atom is -0.374 e. The van der Waals surface area contributed by atoms with Crippen LogP contribution in [-0.2, 0) is 18.3 Å². The van der Waals surface area contributed by atoms with Crippen LogP contribution in [0, 0.1) is 0 Å². The van der Waals surface area contributed by atoms with Gasteiger partial charge >= 0.3 is 0 Å². The third-order valence-electron chi connectivity index (χ3n) is 4.25. The van der Waals surface area contributed by atoms with Crippen molar-refractivity contribution in [3.63, 3.8) is 0 Å². The van der Waals surface area contributed by atoms with Gasteiger partial charge in [-0.2, -0.15) is 5.10 Å². The number of morpholine rings is 1. The number of rotatable bonds is 3. The molecule has 3 heterocycles. The third-order valence-corrected chi connectivity index (χ3v) is 4.25. The largest absolute Gasteiger partial charge is 0.374 e. The van der Waals surface area contributed by atoms with E-state index in [4.69, 9.17) is 4.74 Å². The van der Waals surface area contributed by atoms with Crippen molar-refractivity contribution in [2.45, 2.75) is 38.6 Å². The smallest absolute Gasteiger partial charge is 0.0870 e. The van der Waals surface area contributed by atoms with Crippen LogP contribution < -0.4 is 0 Å². The van der Waals surface area contributed by atoms with Crippen LogP contribution in [-0.4, -0.2) is 64.0 Å². The lowest BCUT2D eigenvalue weighted by Gasteiger charge is -2.39. The SMILES string of the molecule is CC(C)N1CCO[C@H]2CN(Cc3cnn(C)c3)C[C@@H]21. The number of nitrogens with zero attached hydrogens (tertiary/aromatic N) is 4.